The first-order valence-electron chi connectivity index (χ1n) is 8.96. The Labute approximate surface area is 161 Å². The molecule has 1 fully saturated rings. The molecule has 0 aromatic heterocycles. The molecule has 0 aliphatic heterocycles. The van der Waals surface area contributed by atoms with Crippen LogP contribution in [-0.4, -0.2) is 22.7 Å². The van der Waals surface area contributed by atoms with E-state index in [-0.39, 0.29) is 12.0 Å². The number of carboxylic acids is 1. The fraction of sp³-hybridized carbons (Fsp3) is 0.381. The number of fused-ring (bicyclic) bond motifs is 1. The van der Waals surface area contributed by atoms with Crippen LogP contribution in [0.15, 0.2) is 46.9 Å². The van der Waals surface area contributed by atoms with E-state index >= 15 is 0 Å². The first kappa shape index (κ1) is 17.6. The lowest BCUT2D eigenvalue weighted by Gasteiger charge is -2.18. The monoisotopic (exact) mass is 415 g/mol. The minimum atomic E-state index is -0.820. The number of benzene rings is 2. The Morgan fingerprint density at radius 3 is 2.50 bits per heavy atom. The van der Waals surface area contributed by atoms with E-state index in [1.165, 1.54) is 11.1 Å². The van der Waals surface area contributed by atoms with Gasteiger partial charge in [0.1, 0.15) is 5.54 Å². The molecule has 0 saturated heterocycles. The van der Waals surface area contributed by atoms with Gasteiger partial charge in [0, 0.05) is 10.2 Å². The molecule has 2 N–H and O–H groups in total. The van der Waals surface area contributed by atoms with Crippen LogP contribution in [0.1, 0.15) is 30.0 Å². The molecular formula is C21H22BrNO3. The van der Waals surface area contributed by atoms with E-state index in [1.54, 1.807) is 0 Å². The van der Waals surface area contributed by atoms with Crippen LogP contribution in [0.5, 0.6) is 0 Å². The zero-order valence-corrected chi connectivity index (χ0v) is 16.3. The Bertz CT molecular complexity index is 828. The highest BCUT2D eigenvalue weighted by atomic mass is 79.9. The molecule has 4 rings (SSSR count). The normalized spacial score (nSPS) is 24.3. The van der Waals surface area contributed by atoms with Gasteiger partial charge in [-0.2, -0.15) is 0 Å². The third kappa shape index (κ3) is 3.26. The summed E-state index contributed by atoms with van der Waals surface area (Å²) >= 11 is 3.58. The summed E-state index contributed by atoms with van der Waals surface area (Å²) in [5, 5.41) is 12.7. The maximum absolute atomic E-state index is 11.6. The predicted molar refractivity (Wildman–Crippen MR) is 104 cm³/mol. The van der Waals surface area contributed by atoms with E-state index in [2.05, 4.69) is 45.5 Å². The number of rotatable bonds is 6. The van der Waals surface area contributed by atoms with Crippen molar-refractivity contribution >= 4 is 27.6 Å². The van der Waals surface area contributed by atoms with Gasteiger partial charge in [-0.25, -0.2) is 4.79 Å². The van der Waals surface area contributed by atoms with E-state index in [0.29, 0.717) is 13.0 Å². The Morgan fingerprint density at radius 1 is 1.27 bits per heavy atom. The second kappa shape index (κ2) is 6.71. The summed E-state index contributed by atoms with van der Waals surface area (Å²) in [6.07, 6.45) is 2.76. The standard InChI is InChI=1S/C21H22BrNO3/c1-13-11-21(13,20(24)25)23-17-6-7-19(22)16(8-17)12-26-18-9-14-4-2-3-5-15(14)10-18/h2-8,13,18,23H,9-12H2,1H3,(H,24,25)/t13-,21?/m0/s1. The van der Waals surface area contributed by atoms with Gasteiger partial charge in [0.15, 0.2) is 0 Å². The summed E-state index contributed by atoms with van der Waals surface area (Å²) in [5.74, 6) is -0.644. The molecule has 0 amide bonds. The molecule has 5 heteroatoms. The van der Waals surface area contributed by atoms with Gasteiger partial charge >= 0.3 is 5.97 Å². The smallest absolute Gasteiger partial charge is 0.329 e. The maximum atomic E-state index is 11.6. The number of carbonyl (C=O) groups is 1. The summed E-state index contributed by atoms with van der Waals surface area (Å²) in [6, 6.07) is 14.3. The lowest BCUT2D eigenvalue weighted by Crippen LogP contribution is -2.33. The molecule has 1 saturated carbocycles. The molecule has 4 nitrogen and oxygen atoms in total. The Morgan fingerprint density at radius 2 is 1.92 bits per heavy atom. The van der Waals surface area contributed by atoms with Crippen LogP contribution in [0, 0.1) is 5.92 Å². The third-order valence-electron chi connectivity index (χ3n) is 5.59. The zero-order chi connectivity index (χ0) is 18.3. The van der Waals surface area contributed by atoms with E-state index in [1.807, 2.05) is 25.1 Å². The SMILES string of the molecule is C[C@H]1CC1(Nc1ccc(Br)c(COC2Cc3ccccc3C2)c1)C(=O)O. The lowest BCUT2D eigenvalue weighted by molar-refractivity contribution is -0.139. The minimum Gasteiger partial charge on any atom is -0.479 e. The fourth-order valence-corrected chi connectivity index (χ4v) is 4.18. The molecule has 1 unspecified atom stereocenters. The number of hydrogen-bond acceptors (Lipinski definition) is 3. The molecule has 0 radical (unpaired) electrons. The highest BCUT2D eigenvalue weighted by Crippen LogP contribution is 2.46. The molecule has 0 spiro atoms. The van der Waals surface area contributed by atoms with Gasteiger partial charge in [-0.1, -0.05) is 47.1 Å². The summed E-state index contributed by atoms with van der Waals surface area (Å²) in [4.78, 5) is 11.6. The molecule has 136 valence electrons. The quantitative estimate of drug-likeness (QED) is 0.733. The van der Waals surface area contributed by atoms with Gasteiger partial charge in [0.05, 0.1) is 12.7 Å². The van der Waals surface area contributed by atoms with Crippen molar-refractivity contribution in [3.63, 3.8) is 0 Å². The molecule has 0 bridgehead atoms. The molecule has 2 aliphatic carbocycles. The van der Waals surface area contributed by atoms with E-state index in [0.717, 1.165) is 28.6 Å². The van der Waals surface area contributed by atoms with Gasteiger partial charge in [-0.05, 0) is 60.1 Å². The fourth-order valence-electron chi connectivity index (χ4n) is 3.81. The van der Waals surface area contributed by atoms with Crippen LogP contribution in [0.25, 0.3) is 0 Å². The number of aliphatic carboxylic acids is 1. The van der Waals surface area contributed by atoms with Gasteiger partial charge in [-0.3, -0.25) is 0 Å². The van der Waals surface area contributed by atoms with Gasteiger partial charge in [-0.15, -0.1) is 0 Å². The van der Waals surface area contributed by atoms with Crippen LogP contribution >= 0.6 is 15.9 Å². The number of ether oxygens (including phenoxy) is 1. The number of nitrogens with one attached hydrogen (secondary N) is 1. The van der Waals surface area contributed by atoms with Gasteiger partial charge < -0.3 is 15.2 Å². The van der Waals surface area contributed by atoms with Crippen LogP contribution in [0.3, 0.4) is 0 Å². The van der Waals surface area contributed by atoms with Crippen molar-refractivity contribution < 1.29 is 14.6 Å². The topological polar surface area (TPSA) is 58.6 Å². The van der Waals surface area contributed by atoms with Crippen molar-refractivity contribution in [2.45, 2.75) is 44.4 Å². The van der Waals surface area contributed by atoms with Crippen molar-refractivity contribution in [1.82, 2.24) is 0 Å². The summed E-state index contributed by atoms with van der Waals surface area (Å²) in [6.45, 7) is 2.46. The molecule has 2 aliphatic rings. The van der Waals surface area contributed by atoms with Crippen molar-refractivity contribution in [2.75, 3.05) is 5.32 Å². The number of halogens is 1. The number of anilines is 1. The highest BCUT2D eigenvalue weighted by molar-refractivity contribution is 9.10. The van der Waals surface area contributed by atoms with E-state index in [4.69, 9.17) is 4.74 Å². The van der Waals surface area contributed by atoms with Crippen LogP contribution < -0.4 is 5.32 Å². The van der Waals surface area contributed by atoms with Crippen LogP contribution in [-0.2, 0) is 29.0 Å². The number of hydrogen-bond donors (Lipinski definition) is 2. The predicted octanol–water partition coefficient (Wildman–Crippen LogP) is 4.41. The molecule has 2 aromatic rings. The Hall–Kier alpha value is -1.85. The second-order valence-electron chi connectivity index (χ2n) is 7.42. The van der Waals surface area contributed by atoms with Crippen molar-refractivity contribution in [3.05, 3.63) is 63.6 Å². The molecule has 2 aromatic carbocycles. The highest BCUT2D eigenvalue weighted by Gasteiger charge is 2.58. The van der Waals surface area contributed by atoms with E-state index < -0.39 is 11.5 Å². The molecule has 26 heavy (non-hydrogen) atoms. The zero-order valence-electron chi connectivity index (χ0n) is 14.7. The van der Waals surface area contributed by atoms with Gasteiger partial charge in [0.2, 0.25) is 0 Å². The first-order valence-corrected chi connectivity index (χ1v) is 9.75. The van der Waals surface area contributed by atoms with E-state index in [9.17, 15) is 9.90 Å². The Kier molecular flexibility index (Phi) is 4.53. The van der Waals surface area contributed by atoms with Crippen LogP contribution in [0.2, 0.25) is 0 Å². The molecular weight excluding hydrogens is 394 g/mol. The lowest BCUT2D eigenvalue weighted by atomic mass is 10.1. The summed E-state index contributed by atoms with van der Waals surface area (Å²) in [7, 11) is 0. The number of carboxylic acid groups (broad SMARTS) is 1. The molecule has 2 atom stereocenters. The minimum absolute atomic E-state index is 0.139. The third-order valence-corrected chi connectivity index (χ3v) is 6.37. The van der Waals surface area contributed by atoms with Crippen molar-refractivity contribution in [2.24, 2.45) is 5.92 Å². The van der Waals surface area contributed by atoms with Crippen molar-refractivity contribution in [3.8, 4) is 0 Å². The van der Waals surface area contributed by atoms with Gasteiger partial charge in [0.25, 0.3) is 0 Å². The summed E-state index contributed by atoms with van der Waals surface area (Å²) in [5.41, 5.74) is 3.78. The van der Waals surface area contributed by atoms with Crippen LogP contribution in [0.4, 0.5) is 5.69 Å². The largest absolute Gasteiger partial charge is 0.479 e. The second-order valence-corrected chi connectivity index (χ2v) is 8.28. The van der Waals surface area contributed by atoms with Crippen molar-refractivity contribution in [1.29, 1.82) is 0 Å². The maximum Gasteiger partial charge on any atom is 0.329 e. The summed E-state index contributed by atoms with van der Waals surface area (Å²) < 4.78 is 7.13. The molecule has 0 heterocycles. The average Bonchev–Trinajstić information content (AvgIpc) is 3.09. The average molecular weight is 416 g/mol. The first-order chi connectivity index (χ1) is 12.5. The Balaban J connectivity index is 1.42.